The van der Waals surface area contributed by atoms with Gasteiger partial charge in [-0.1, -0.05) is 42.5 Å². The molecule has 0 amide bonds. The molecule has 4 aromatic rings. The average Bonchev–Trinajstić information content (AvgIpc) is 2.88. The second kappa shape index (κ2) is 10.7. The third-order valence-corrected chi connectivity index (χ3v) is 7.55. The number of nitrogens with one attached hydrogen (secondary N) is 1. The van der Waals surface area contributed by atoms with Crippen LogP contribution in [0.2, 0.25) is 0 Å². The summed E-state index contributed by atoms with van der Waals surface area (Å²) in [5, 5.41) is 0. The van der Waals surface area contributed by atoms with Crippen molar-refractivity contribution in [1.29, 1.82) is 0 Å². The van der Waals surface area contributed by atoms with Crippen LogP contribution in [0.15, 0.2) is 83.9 Å². The highest BCUT2D eigenvalue weighted by Gasteiger charge is 2.19. The predicted molar refractivity (Wildman–Crippen MR) is 142 cm³/mol. The molecule has 2 aromatic heterocycles. The van der Waals surface area contributed by atoms with E-state index in [2.05, 4.69) is 26.6 Å². The summed E-state index contributed by atoms with van der Waals surface area (Å²) in [6, 6.07) is 22.2. The van der Waals surface area contributed by atoms with Crippen LogP contribution in [-0.4, -0.2) is 56.5 Å². The number of benzene rings is 2. The van der Waals surface area contributed by atoms with Crippen molar-refractivity contribution in [3.05, 3.63) is 84.6 Å². The molecule has 0 bridgehead atoms. The van der Waals surface area contributed by atoms with E-state index in [1.807, 2.05) is 60.8 Å². The zero-order valence-corrected chi connectivity index (χ0v) is 21.1. The van der Waals surface area contributed by atoms with Gasteiger partial charge in [-0.25, -0.2) is 18.1 Å². The molecule has 1 saturated heterocycles. The smallest absolute Gasteiger partial charge is 0.240 e. The summed E-state index contributed by atoms with van der Waals surface area (Å²) in [4.78, 5) is 14.3. The number of sulfonamides is 1. The number of anilines is 1. The van der Waals surface area contributed by atoms with Crippen molar-refractivity contribution in [2.75, 3.05) is 38.1 Å². The fourth-order valence-electron chi connectivity index (χ4n) is 4.15. The fourth-order valence-corrected chi connectivity index (χ4v) is 5.22. The zero-order valence-electron chi connectivity index (χ0n) is 19.5. The first-order chi connectivity index (χ1) is 16.5. The van der Waals surface area contributed by atoms with Gasteiger partial charge in [-0.05, 0) is 42.9 Å². The third-order valence-electron chi connectivity index (χ3n) is 6.16. The van der Waals surface area contributed by atoms with E-state index in [1.165, 1.54) is 0 Å². The lowest BCUT2D eigenvalue weighted by Crippen LogP contribution is -2.44. The zero-order chi connectivity index (χ0) is 23.5. The lowest BCUT2D eigenvalue weighted by Gasteiger charge is -2.34. The lowest BCUT2D eigenvalue weighted by atomic mass is 10.1. The minimum absolute atomic E-state index is 0. The molecule has 3 heterocycles. The van der Waals surface area contributed by atoms with E-state index in [-0.39, 0.29) is 23.8 Å². The van der Waals surface area contributed by atoms with Crippen molar-refractivity contribution in [2.45, 2.75) is 11.4 Å². The van der Waals surface area contributed by atoms with Crippen LogP contribution in [0.25, 0.3) is 22.3 Å². The molecule has 1 N–H and O–H groups in total. The summed E-state index contributed by atoms with van der Waals surface area (Å²) < 4.78 is 28.6. The molecule has 1 fully saturated rings. The van der Waals surface area contributed by atoms with Gasteiger partial charge in [0.15, 0.2) is 0 Å². The second-order valence-corrected chi connectivity index (χ2v) is 10.3. The van der Waals surface area contributed by atoms with E-state index in [1.54, 1.807) is 18.2 Å². The van der Waals surface area contributed by atoms with Gasteiger partial charge in [0.2, 0.25) is 10.0 Å². The van der Waals surface area contributed by atoms with Crippen molar-refractivity contribution in [1.82, 2.24) is 19.6 Å². The maximum atomic E-state index is 12.9. The van der Waals surface area contributed by atoms with Crippen LogP contribution in [-0.2, 0) is 16.6 Å². The minimum atomic E-state index is -3.67. The van der Waals surface area contributed by atoms with Crippen LogP contribution >= 0.6 is 12.4 Å². The van der Waals surface area contributed by atoms with Crippen LogP contribution in [0.4, 0.5) is 5.69 Å². The van der Waals surface area contributed by atoms with Crippen LogP contribution in [0, 0.1) is 0 Å². The Kier molecular flexibility index (Phi) is 7.66. The fraction of sp³-hybridized carbons (Fsp3) is 0.231. The Morgan fingerprint density at radius 1 is 0.914 bits per heavy atom. The van der Waals surface area contributed by atoms with Crippen LogP contribution in [0.3, 0.4) is 0 Å². The Balaban J connectivity index is 0.00000289. The number of aromatic nitrogens is 2. The predicted octanol–water partition coefficient (Wildman–Crippen LogP) is 3.95. The van der Waals surface area contributed by atoms with Gasteiger partial charge in [0.05, 0.1) is 21.8 Å². The van der Waals surface area contributed by atoms with Crippen LogP contribution in [0.1, 0.15) is 5.56 Å². The molecule has 182 valence electrons. The molecule has 7 nitrogen and oxygen atoms in total. The monoisotopic (exact) mass is 509 g/mol. The number of fused-ring (bicyclic) bond motifs is 1. The molecular weight excluding hydrogens is 482 g/mol. The lowest BCUT2D eigenvalue weighted by molar-refractivity contribution is 0.313. The van der Waals surface area contributed by atoms with Gasteiger partial charge in [0, 0.05) is 44.5 Å². The maximum absolute atomic E-state index is 12.9. The Labute approximate surface area is 212 Å². The first-order valence-corrected chi connectivity index (χ1v) is 12.8. The van der Waals surface area contributed by atoms with Crippen molar-refractivity contribution >= 4 is 39.2 Å². The van der Waals surface area contributed by atoms with E-state index in [0.717, 1.165) is 59.7 Å². The van der Waals surface area contributed by atoms with Crippen molar-refractivity contribution < 1.29 is 8.42 Å². The van der Waals surface area contributed by atoms with Gasteiger partial charge in [0.25, 0.3) is 0 Å². The molecule has 0 saturated carbocycles. The molecule has 0 radical (unpaired) electrons. The first kappa shape index (κ1) is 25.1. The van der Waals surface area contributed by atoms with Crippen LogP contribution in [0.5, 0.6) is 0 Å². The number of likely N-dealkylation sites (N-methyl/N-ethyl adjacent to an activating group) is 1. The minimum Gasteiger partial charge on any atom is -0.367 e. The summed E-state index contributed by atoms with van der Waals surface area (Å²) in [7, 11) is -1.53. The number of rotatable bonds is 6. The van der Waals surface area contributed by atoms with E-state index in [0.29, 0.717) is 0 Å². The molecule has 0 unspecified atom stereocenters. The topological polar surface area (TPSA) is 78.4 Å². The average molecular weight is 510 g/mol. The van der Waals surface area contributed by atoms with Gasteiger partial charge >= 0.3 is 0 Å². The number of halogens is 1. The molecule has 35 heavy (non-hydrogen) atoms. The Morgan fingerprint density at radius 2 is 1.69 bits per heavy atom. The van der Waals surface area contributed by atoms with E-state index in [9.17, 15) is 8.42 Å². The summed E-state index contributed by atoms with van der Waals surface area (Å²) >= 11 is 0. The summed E-state index contributed by atoms with van der Waals surface area (Å²) in [5.74, 6) is 0. The standard InChI is InChI=1S/C26H27N5O2S.ClH/c1-30-14-16-31(17-15-30)25-12-13-27-24-11-10-23(29-26(24)25)21-8-5-9-22(18-21)34(32,33)28-19-20-6-3-2-4-7-20;/h2-13,18,28H,14-17,19H2,1H3;1H. The van der Waals surface area contributed by atoms with Gasteiger partial charge < -0.3 is 9.80 Å². The number of piperazine rings is 1. The number of pyridine rings is 2. The molecule has 2 aromatic carbocycles. The molecule has 5 rings (SSSR count). The Bertz CT molecular complexity index is 1410. The highest BCUT2D eigenvalue weighted by atomic mass is 35.5. The highest BCUT2D eigenvalue weighted by Crippen LogP contribution is 2.28. The third kappa shape index (κ3) is 5.62. The van der Waals surface area contributed by atoms with E-state index < -0.39 is 10.0 Å². The van der Waals surface area contributed by atoms with E-state index >= 15 is 0 Å². The first-order valence-electron chi connectivity index (χ1n) is 11.3. The summed E-state index contributed by atoms with van der Waals surface area (Å²) in [6.45, 7) is 4.10. The molecule has 0 aliphatic carbocycles. The van der Waals surface area contributed by atoms with Crippen LogP contribution < -0.4 is 9.62 Å². The van der Waals surface area contributed by atoms with Gasteiger partial charge in [-0.3, -0.25) is 4.98 Å². The molecule has 0 spiro atoms. The summed E-state index contributed by atoms with van der Waals surface area (Å²) in [5.41, 5.74) is 5.10. The van der Waals surface area contributed by atoms with Gasteiger partial charge in [-0.2, -0.15) is 0 Å². The van der Waals surface area contributed by atoms with E-state index in [4.69, 9.17) is 4.98 Å². The van der Waals surface area contributed by atoms with Crippen molar-refractivity contribution in [3.8, 4) is 11.3 Å². The summed E-state index contributed by atoms with van der Waals surface area (Å²) in [6.07, 6.45) is 1.82. The van der Waals surface area contributed by atoms with Gasteiger partial charge in [0.1, 0.15) is 5.52 Å². The molecular formula is C26H28ClN5O2S. The number of hydrogen-bond donors (Lipinski definition) is 1. The largest absolute Gasteiger partial charge is 0.367 e. The maximum Gasteiger partial charge on any atom is 0.240 e. The molecule has 9 heteroatoms. The van der Waals surface area contributed by atoms with Gasteiger partial charge in [-0.15, -0.1) is 12.4 Å². The Morgan fingerprint density at radius 3 is 2.46 bits per heavy atom. The van der Waals surface area contributed by atoms with Crippen molar-refractivity contribution in [3.63, 3.8) is 0 Å². The molecule has 1 aliphatic rings. The SMILES string of the molecule is CN1CCN(c2ccnc3ccc(-c4cccc(S(=O)(=O)NCc5ccccc5)c4)nc23)CC1.Cl. The molecule has 0 atom stereocenters. The second-order valence-electron chi connectivity index (χ2n) is 8.52. The number of nitrogens with zero attached hydrogens (tertiary/aromatic N) is 4. The molecule has 1 aliphatic heterocycles. The van der Waals surface area contributed by atoms with Crippen molar-refractivity contribution in [2.24, 2.45) is 0 Å². The number of hydrogen-bond acceptors (Lipinski definition) is 6. The Hall–Kier alpha value is -3.04. The normalized spacial score (nSPS) is 14.6. The highest BCUT2D eigenvalue weighted by molar-refractivity contribution is 7.89. The quantitative estimate of drug-likeness (QED) is 0.424.